The normalized spacial score (nSPS) is 21.9. The molecule has 1 aliphatic heterocycles. The number of rotatable bonds is 3. The number of aromatic nitrogens is 1. The van der Waals surface area contributed by atoms with Gasteiger partial charge in [-0.25, -0.2) is 9.37 Å². The second-order valence-corrected chi connectivity index (χ2v) is 7.84. The van der Waals surface area contributed by atoms with Crippen molar-refractivity contribution in [3.8, 4) is 0 Å². The quantitative estimate of drug-likeness (QED) is 0.835. The van der Waals surface area contributed by atoms with Crippen molar-refractivity contribution in [1.82, 2.24) is 15.2 Å². The van der Waals surface area contributed by atoms with Gasteiger partial charge in [0.1, 0.15) is 11.6 Å². The number of likely N-dealkylation sites (tertiary alicyclic amines) is 1. The lowest BCUT2D eigenvalue weighted by Gasteiger charge is -2.23. The lowest BCUT2D eigenvalue weighted by atomic mass is 9.84. The van der Waals surface area contributed by atoms with Gasteiger partial charge in [0.25, 0.3) is 0 Å². The topological polar surface area (TPSA) is 71.2 Å². The van der Waals surface area contributed by atoms with Crippen molar-refractivity contribution in [3.63, 3.8) is 0 Å². The summed E-state index contributed by atoms with van der Waals surface area (Å²) in [7, 11) is 2.05. The van der Waals surface area contributed by atoms with E-state index >= 15 is 0 Å². The molecule has 0 bridgehead atoms. The molecular formula is C22H25FN4O. The number of nitrogens with two attached hydrogens (primary N) is 1. The second-order valence-electron chi connectivity index (χ2n) is 7.84. The molecule has 146 valence electrons. The molecule has 2 heterocycles. The molecule has 1 fully saturated rings. The Hall–Kier alpha value is -2.73. The van der Waals surface area contributed by atoms with E-state index in [2.05, 4.69) is 15.2 Å². The van der Waals surface area contributed by atoms with Crippen LogP contribution < -0.4 is 21.5 Å². The maximum Gasteiger partial charge on any atom is 0.248 e. The van der Waals surface area contributed by atoms with Crippen LogP contribution in [0.2, 0.25) is 0 Å². The number of hydrogen-bond donors (Lipinski definition) is 2. The number of aryl methyl sites for hydroxylation is 1. The highest BCUT2D eigenvalue weighted by atomic mass is 19.1. The number of nitrogens with zero attached hydrogens (tertiary/aromatic N) is 2. The monoisotopic (exact) mass is 380 g/mol. The van der Waals surface area contributed by atoms with Crippen LogP contribution >= 0.6 is 0 Å². The van der Waals surface area contributed by atoms with Crippen LogP contribution in [0.25, 0.3) is 11.6 Å². The molecule has 2 aromatic rings. The molecule has 5 nitrogen and oxygen atoms in total. The van der Waals surface area contributed by atoms with Crippen LogP contribution in [0, 0.1) is 12.7 Å². The van der Waals surface area contributed by atoms with Crippen LogP contribution in [-0.2, 0) is 4.79 Å². The largest absolute Gasteiger partial charge is 0.384 e. The Kier molecular flexibility index (Phi) is 4.89. The van der Waals surface area contributed by atoms with Crippen LogP contribution in [0.3, 0.4) is 0 Å². The van der Waals surface area contributed by atoms with Gasteiger partial charge in [-0.05, 0) is 67.1 Å². The number of nitrogens with one attached hydrogen (secondary N) is 1. The molecule has 1 aromatic carbocycles. The van der Waals surface area contributed by atoms with E-state index in [1.165, 1.54) is 6.07 Å². The number of amides is 1. The lowest BCUT2D eigenvalue weighted by molar-refractivity contribution is -0.116. The summed E-state index contributed by atoms with van der Waals surface area (Å²) in [5.74, 6) is -0.186. The Morgan fingerprint density at radius 2 is 2.21 bits per heavy atom. The molecule has 0 saturated carbocycles. The van der Waals surface area contributed by atoms with Crippen molar-refractivity contribution in [3.05, 3.63) is 57.8 Å². The van der Waals surface area contributed by atoms with Gasteiger partial charge in [-0.2, -0.15) is 0 Å². The Balaban J connectivity index is 1.76. The molecule has 0 spiro atoms. The summed E-state index contributed by atoms with van der Waals surface area (Å²) in [5, 5.41) is 4.77. The zero-order chi connectivity index (χ0) is 19.8. The maximum atomic E-state index is 14.6. The van der Waals surface area contributed by atoms with Crippen LogP contribution in [-0.4, -0.2) is 42.0 Å². The molecule has 2 aliphatic rings. The van der Waals surface area contributed by atoms with Crippen LogP contribution in [0.5, 0.6) is 0 Å². The third-order valence-electron chi connectivity index (χ3n) is 5.73. The van der Waals surface area contributed by atoms with Crippen LogP contribution in [0.1, 0.15) is 29.9 Å². The van der Waals surface area contributed by atoms with E-state index in [9.17, 15) is 9.18 Å². The molecular weight excluding hydrogens is 355 g/mol. The van der Waals surface area contributed by atoms with E-state index in [-0.39, 0.29) is 23.7 Å². The first-order valence-electron chi connectivity index (χ1n) is 9.63. The van der Waals surface area contributed by atoms with E-state index in [1.807, 2.05) is 26.1 Å². The van der Waals surface area contributed by atoms with E-state index in [1.54, 1.807) is 18.3 Å². The number of likely N-dealkylation sites (N-methyl/N-ethyl adjacent to an activating group) is 1. The number of carbonyl (C=O) groups is 1. The molecule has 1 aliphatic carbocycles. The molecule has 4 rings (SSSR count). The Morgan fingerprint density at radius 1 is 1.39 bits per heavy atom. The predicted molar refractivity (Wildman–Crippen MR) is 108 cm³/mol. The van der Waals surface area contributed by atoms with Crippen molar-refractivity contribution in [2.24, 2.45) is 0 Å². The fourth-order valence-corrected chi connectivity index (χ4v) is 4.32. The van der Waals surface area contributed by atoms with Crippen molar-refractivity contribution >= 4 is 23.4 Å². The van der Waals surface area contributed by atoms with Gasteiger partial charge in [-0.3, -0.25) is 4.79 Å². The highest BCUT2D eigenvalue weighted by Crippen LogP contribution is 2.31. The van der Waals surface area contributed by atoms with E-state index in [0.717, 1.165) is 35.5 Å². The van der Waals surface area contributed by atoms with Gasteiger partial charge < -0.3 is 16.0 Å². The highest BCUT2D eigenvalue weighted by Gasteiger charge is 2.27. The number of benzene rings is 1. The molecule has 2 unspecified atom stereocenters. The van der Waals surface area contributed by atoms with Crippen molar-refractivity contribution in [2.75, 3.05) is 25.9 Å². The average molecular weight is 380 g/mol. The summed E-state index contributed by atoms with van der Waals surface area (Å²) in [6.07, 6.45) is 5.03. The molecule has 1 aromatic heterocycles. The van der Waals surface area contributed by atoms with Gasteiger partial charge in [0.15, 0.2) is 0 Å². The minimum absolute atomic E-state index is 0.0979. The summed E-state index contributed by atoms with van der Waals surface area (Å²) in [6.45, 7) is 3.71. The first-order valence-corrected chi connectivity index (χ1v) is 9.63. The first kappa shape index (κ1) is 18.6. The summed E-state index contributed by atoms with van der Waals surface area (Å²) in [5.41, 5.74) is 8.05. The second kappa shape index (κ2) is 7.36. The number of nitrogen functional groups attached to an aromatic ring is 1. The number of carbonyl (C=O) groups excluding carboxylic acids is 1. The van der Waals surface area contributed by atoms with Gasteiger partial charge in [0.05, 0.1) is 0 Å². The van der Waals surface area contributed by atoms with E-state index in [4.69, 9.17) is 5.73 Å². The zero-order valence-corrected chi connectivity index (χ0v) is 16.2. The summed E-state index contributed by atoms with van der Waals surface area (Å²) < 4.78 is 14.6. The van der Waals surface area contributed by atoms with Crippen LogP contribution in [0.4, 0.5) is 10.2 Å². The SMILES string of the molecule is Cc1cccc(F)c1C1C=c2cnc(N)cc2=C(C(=O)NC2CCN(C)C2)C1. The van der Waals surface area contributed by atoms with Gasteiger partial charge in [0, 0.05) is 30.3 Å². The summed E-state index contributed by atoms with van der Waals surface area (Å²) in [6, 6.07) is 6.96. The molecule has 0 radical (unpaired) electrons. The fourth-order valence-electron chi connectivity index (χ4n) is 4.32. The highest BCUT2D eigenvalue weighted by molar-refractivity contribution is 6.14. The molecule has 6 heteroatoms. The molecule has 2 atom stereocenters. The minimum Gasteiger partial charge on any atom is -0.384 e. The number of hydrogen-bond acceptors (Lipinski definition) is 4. The van der Waals surface area contributed by atoms with E-state index in [0.29, 0.717) is 23.4 Å². The van der Waals surface area contributed by atoms with E-state index < -0.39 is 0 Å². The third-order valence-corrected chi connectivity index (χ3v) is 5.73. The number of fused-ring (bicyclic) bond motifs is 1. The molecule has 28 heavy (non-hydrogen) atoms. The lowest BCUT2D eigenvalue weighted by Crippen LogP contribution is -2.42. The number of anilines is 1. The Bertz CT molecular complexity index is 1030. The van der Waals surface area contributed by atoms with Crippen molar-refractivity contribution < 1.29 is 9.18 Å². The first-order chi connectivity index (χ1) is 13.4. The molecule has 3 N–H and O–H groups in total. The van der Waals surface area contributed by atoms with Gasteiger partial charge in [-0.1, -0.05) is 18.2 Å². The Labute approximate surface area is 163 Å². The average Bonchev–Trinajstić information content (AvgIpc) is 3.05. The van der Waals surface area contributed by atoms with Crippen LogP contribution in [0.15, 0.2) is 30.5 Å². The zero-order valence-electron chi connectivity index (χ0n) is 16.2. The summed E-state index contributed by atoms with van der Waals surface area (Å²) >= 11 is 0. The van der Waals surface area contributed by atoms with Crippen molar-refractivity contribution in [2.45, 2.75) is 31.7 Å². The molecule has 1 saturated heterocycles. The fraction of sp³-hybridized carbons (Fsp3) is 0.364. The number of pyridine rings is 1. The third kappa shape index (κ3) is 3.52. The van der Waals surface area contributed by atoms with Gasteiger partial charge >= 0.3 is 0 Å². The maximum absolute atomic E-state index is 14.6. The minimum atomic E-state index is -0.245. The number of halogens is 1. The summed E-state index contributed by atoms with van der Waals surface area (Å²) in [4.78, 5) is 19.5. The molecule has 1 amide bonds. The standard InChI is InChI=1S/C22H25FN4O/c1-13-4-3-5-19(23)21(13)14-8-15-11-25-20(24)10-17(15)18(9-14)22(28)26-16-6-7-27(2)12-16/h3-5,8,10-11,14,16H,6-7,9,12,24H2,1-2H3,(H,26,28). The predicted octanol–water partition coefficient (Wildman–Crippen LogP) is 1.05. The Morgan fingerprint density at radius 3 is 2.93 bits per heavy atom. The van der Waals surface area contributed by atoms with Crippen molar-refractivity contribution in [1.29, 1.82) is 0 Å². The van der Waals surface area contributed by atoms with Gasteiger partial charge in [-0.15, -0.1) is 0 Å². The van der Waals surface area contributed by atoms with Gasteiger partial charge in [0.2, 0.25) is 5.91 Å². The smallest absolute Gasteiger partial charge is 0.248 e.